The highest BCUT2D eigenvalue weighted by molar-refractivity contribution is 5.97. The molecule has 5 nitrogen and oxygen atoms in total. The molecule has 2 saturated heterocycles. The lowest BCUT2D eigenvalue weighted by atomic mass is 9.96. The number of rotatable bonds is 3. The summed E-state index contributed by atoms with van der Waals surface area (Å²) in [6.45, 7) is 5.90. The number of carbonyl (C=O) groups is 2. The number of halogens is 1. The summed E-state index contributed by atoms with van der Waals surface area (Å²) in [5, 5.41) is 2.83. The SMILES string of the molecule is CC(C)[C@@H]1NC(=O)[C@H]2CN(Cc3ccccc3F)CCN2C1=O. The van der Waals surface area contributed by atoms with Crippen LogP contribution >= 0.6 is 0 Å². The predicted octanol–water partition coefficient (Wildman–Crippen LogP) is 0.993. The van der Waals surface area contributed by atoms with Crippen molar-refractivity contribution in [3.63, 3.8) is 0 Å². The van der Waals surface area contributed by atoms with Gasteiger partial charge in [-0.05, 0) is 12.0 Å². The summed E-state index contributed by atoms with van der Waals surface area (Å²) in [7, 11) is 0. The molecule has 0 radical (unpaired) electrons. The van der Waals surface area contributed by atoms with E-state index in [1.54, 1.807) is 23.1 Å². The van der Waals surface area contributed by atoms with Gasteiger partial charge in [-0.3, -0.25) is 14.5 Å². The number of nitrogens with zero attached hydrogens (tertiary/aromatic N) is 2. The van der Waals surface area contributed by atoms with Crippen LogP contribution in [0.1, 0.15) is 19.4 Å². The monoisotopic (exact) mass is 319 g/mol. The molecule has 0 bridgehead atoms. The van der Waals surface area contributed by atoms with E-state index in [2.05, 4.69) is 5.32 Å². The van der Waals surface area contributed by atoms with E-state index in [1.165, 1.54) is 6.07 Å². The Morgan fingerprint density at radius 3 is 2.70 bits per heavy atom. The molecule has 2 fully saturated rings. The van der Waals surface area contributed by atoms with Gasteiger partial charge in [0.05, 0.1) is 0 Å². The minimum atomic E-state index is -0.474. The Bertz CT molecular complexity index is 620. The minimum absolute atomic E-state index is 0.00450. The average Bonchev–Trinajstić information content (AvgIpc) is 2.53. The second-order valence-corrected chi connectivity index (χ2v) is 6.60. The van der Waals surface area contributed by atoms with Crippen LogP contribution in [0.25, 0.3) is 0 Å². The van der Waals surface area contributed by atoms with Gasteiger partial charge < -0.3 is 10.2 Å². The summed E-state index contributed by atoms with van der Waals surface area (Å²) < 4.78 is 13.8. The zero-order valence-corrected chi connectivity index (χ0v) is 13.5. The molecular weight excluding hydrogens is 297 g/mol. The maximum Gasteiger partial charge on any atom is 0.246 e. The van der Waals surface area contributed by atoms with Gasteiger partial charge >= 0.3 is 0 Å². The van der Waals surface area contributed by atoms with Crippen molar-refractivity contribution in [1.29, 1.82) is 0 Å². The maximum absolute atomic E-state index is 13.8. The Morgan fingerprint density at radius 2 is 2.00 bits per heavy atom. The van der Waals surface area contributed by atoms with E-state index in [4.69, 9.17) is 0 Å². The van der Waals surface area contributed by atoms with Crippen LogP contribution in [-0.4, -0.2) is 53.3 Å². The van der Waals surface area contributed by atoms with Crippen LogP contribution in [0.5, 0.6) is 0 Å². The molecule has 1 N–H and O–H groups in total. The van der Waals surface area contributed by atoms with Gasteiger partial charge in [0, 0.05) is 31.7 Å². The van der Waals surface area contributed by atoms with Crippen molar-refractivity contribution < 1.29 is 14.0 Å². The molecule has 0 aromatic heterocycles. The molecule has 2 aliphatic heterocycles. The van der Waals surface area contributed by atoms with Gasteiger partial charge in [-0.25, -0.2) is 4.39 Å². The minimum Gasteiger partial charge on any atom is -0.342 e. The van der Waals surface area contributed by atoms with Gasteiger partial charge in [-0.1, -0.05) is 32.0 Å². The number of amides is 2. The topological polar surface area (TPSA) is 52.7 Å². The Balaban J connectivity index is 1.70. The van der Waals surface area contributed by atoms with Crippen LogP contribution in [0.15, 0.2) is 24.3 Å². The normalized spacial score (nSPS) is 25.5. The molecule has 0 aliphatic carbocycles. The Labute approximate surface area is 135 Å². The maximum atomic E-state index is 13.8. The van der Waals surface area contributed by atoms with E-state index < -0.39 is 12.1 Å². The summed E-state index contributed by atoms with van der Waals surface area (Å²) in [6, 6.07) is 5.75. The summed E-state index contributed by atoms with van der Waals surface area (Å²) in [5.41, 5.74) is 0.614. The van der Waals surface area contributed by atoms with E-state index in [0.717, 1.165) is 0 Å². The fraction of sp³-hybridized carbons (Fsp3) is 0.529. The lowest BCUT2D eigenvalue weighted by molar-refractivity contribution is -0.154. The lowest BCUT2D eigenvalue weighted by Gasteiger charge is -2.46. The second-order valence-electron chi connectivity index (χ2n) is 6.60. The van der Waals surface area contributed by atoms with Crippen molar-refractivity contribution in [3.8, 4) is 0 Å². The highest BCUT2D eigenvalue weighted by Gasteiger charge is 2.44. The molecule has 3 rings (SSSR count). The van der Waals surface area contributed by atoms with Crippen LogP contribution in [0.2, 0.25) is 0 Å². The van der Waals surface area contributed by atoms with E-state index in [-0.39, 0.29) is 23.5 Å². The first-order valence-electron chi connectivity index (χ1n) is 8.04. The van der Waals surface area contributed by atoms with E-state index in [0.29, 0.717) is 31.7 Å². The van der Waals surface area contributed by atoms with Gasteiger partial charge in [-0.2, -0.15) is 0 Å². The van der Waals surface area contributed by atoms with Gasteiger partial charge in [0.1, 0.15) is 17.9 Å². The van der Waals surface area contributed by atoms with E-state index in [1.807, 2.05) is 18.7 Å². The van der Waals surface area contributed by atoms with Crippen LogP contribution in [-0.2, 0) is 16.1 Å². The molecule has 1 aromatic carbocycles. The molecule has 2 aliphatic rings. The molecule has 2 atom stereocenters. The standard InChI is InChI=1S/C17H22FN3O2/c1-11(2)15-17(23)21-8-7-20(10-14(21)16(22)19-15)9-12-5-3-4-6-13(12)18/h3-6,11,14-15H,7-10H2,1-2H3,(H,19,22)/t14-,15+/m1/s1. The summed E-state index contributed by atoms with van der Waals surface area (Å²) >= 11 is 0. The second kappa shape index (κ2) is 6.28. The van der Waals surface area contributed by atoms with E-state index >= 15 is 0 Å². The zero-order valence-electron chi connectivity index (χ0n) is 13.5. The van der Waals surface area contributed by atoms with Crippen molar-refractivity contribution in [2.24, 2.45) is 5.92 Å². The molecule has 0 unspecified atom stereocenters. The van der Waals surface area contributed by atoms with Gasteiger partial charge in [0.25, 0.3) is 0 Å². The molecule has 1 aromatic rings. The van der Waals surface area contributed by atoms with Crippen molar-refractivity contribution in [3.05, 3.63) is 35.6 Å². The van der Waals surface area contributed by atoms with Crippen molar-refractivity contribution in [1.82, 2.24) is 15.1 Å². The number of fused-ring (bicyclic) bond motifs is 1. The smallest absolute Gasteiger partial charge is 0.246 e. The first-order chi connectivity index (χ1) is 11.0. The average molecular weight is 319 g/mol. The lowest BCUT2D eigenvalue weighted by Crippen LogP contribution is -2.70. The van der Waals surface area contributed by atoms with Gasteiger partial charge in [-0.15, -0.1) is 0 Å². The Kier molecular flexibility index (Phi) is 4.35. The first kappa shape index (κ1) is 15.9. The first-order valence-corrected chi connectivity index (χ1v) is 8.04. The van der Waals surface area contributed by atoms with Gasteiger partial charge in [0.15, 0.2) is 0 Å². The summed E-state index contributed by atoms with van der Waals surface area (Å²) in [6.07, 6.45) is 0. The summed E-state index contributed by atoms with van der Waals surface area (Å²) in [4.78, 5) is 28.6. The van der Waals surface area contributed by atoms with Crippen molar-refractivity contribution >= 4 is 11.8 Å². The van der Waals surface area contributed by atoms with Crippen LogP contribution in [0, 0.1) is 11.7 Å². The van der Waals surface area contributed by atoms with E-state index in [9.17, 15) is 14.0 Å². The molecule has 6 heteroatoms. The zero-order chi connectivity index (χ0) is 16.6. The predicted molar refractivity (Wildman–Crippen MR) is 83.9 cm³/mol. The number of hydrogen-bond donors (Lipinski definition) is 1. The number of hydrogen-bond acceptors (Lipinski definition) is 3. The summed E-state index contributed by atoms with van der Waals surface area (Å²) in [5.74, 6) is -0.278. The van der Waals surface area contributed by atoms with Crippen molar-refractivity contribution in [2.75, 3.05) is 19.6 Å². The molecule has 0 spiro atoms. The van der Waals surface area contributed by atoms with Crippen LogP contribution < -0.4 is 5.32 Å². The van der Waals surface area contributed by atoms with Crippen LogP contribution in [0.3, 0.4) is 0 Å². The van der Waals surface area contributed by atoms with Crippen molar-refractivity contribution in [2.45, 2.75) is 32.5 Å². The molecule has 23 heavy (non-hydrogen) atoms. The number of benzene rings is 1. The number of piperazine rings is 2. The third-order valence-corrected chi connectivity index (χ3v) is 4.63. The third-order valence-electron chi connectivity index (χ3n) is 4.63. The highest BCUT2D eigenvalue weighted by Crippen LogP contribution is 2.21. The third kappa shape index (κ3) is 3.08. The Morgan fingerprint density at radius 1 is 1.26 bits per heavy atom. The Hall–Kier alpha value is -1.95. The molecular formula is C17H22FN3O2. The van der Waals surface area contributed by atoms with Crippen LogP contribution in [0.4, 0.5) is 4.39 Å². The molecule has 124 valence electrons. The molecule has 0 saturated carbocycles. The molecule has 2 heterocycles. The molecule has 2 amide bonds. The fourth-order valence-electron chi connectivity index (χ4n) is 3.28. The fourth-order valence-corrected chi connectivity index (χ4v) is 3.28. The quantitative estimate of drug-likeness (QED) is 0.904. The highest BCUT2D eigenvalue weighted by atomic mass is 19.1. The number of nitrogens with one attached hydrogen (secondary N) is 1. The van der Waals surface area contributed by atoms with Gasteiger partial charge in [0.2, 0.25) is 11.8 Å². The number of carbonyl (C=O) groups excluding carboxylic acids is 2. The largest absolute Gasteiger partial charge is 0.342 e.